The molecule has 0 spiro atoms. The first-order valence-corrected chi connectivity index (χ1v) is 10.6. The number of rotatable bonds is 6. The number of carbonyl (C=O) groups is 1. The second kappa shape index (κ2) is 9.84. The van der Waals surface area contributed by atoms with E-state index in [4.69, 9.17) is 9.47 Å². The van der Waals surface area contributed by atoms with E-state index in [0.717, 1.165) is 50.4 Å². The van der Waals surface area contributed by atoms with Gasteiger partial charge in [0.25, 0.3) is 0 Å². The van der Waals surface area contributed by atoms with Crippen LogP contribution in [0, 0.1) is 5.92 Å². The summed E-state index contributed by atoms with van der Waals surface area (Å²) in [4.78, 5) is 12.5. The van der Waals surface area contributed by atoms with Crippen LogP contribution in [0.15, 0.2) is 18.2 Å². The van der Waals surface area contributed by atoms with Crippen LogP contribution < -0.4 is 20.1 Å². The molecule has 1 aromatic rings. The van der Waals surface area contributed by atoms with Crippen LogP contribution in [-0.2, 0) is 10.2 Å². The summed E-state index contributed by atoms with van der Waals surface area (Å²) < 4.78 is 11.1. The third-order valence-electron chi connectivity index (χ3n) is 6.66. The molecule has 6 heteroatoms. The highest BCUT2D eigenvalue weighted by Gasteiger charge is 2.35. The fourth-order valence-electron chi connectivity index (χ4n) is 4.88. The van der Waals surface area contributed by atoms with Crippen LogP contribution in [0.25, 0.3) is 0 Å². The number of piperidine rings is 1. The first-order chi connectivity index (χ1) is 13.3. The summed E-state index contributed by atoms with van der Waals surface area (Å²) >= 11 is 0. The molecule has 2 aliphatic heterocycles. The lowest BCUT2D eigenvalue weighted by Gasteiger charge is -2.38. The van der Waals surface area contributed by atoms with E-state index in [2.05, 4.69) is 22.8 Å². The summed E-state index contributed by atoms with van der Waals surface area (Å²) in [6.07, 6.45) is 10.1. The fraction of sp³-hybridized carbons (Fsp3) is 0.682. The zero-order chi connectivity index (χ0) is 18.5. The van der Waals surface area contributed by atoms with E-state index in [1.807, 2.05) is 6.07 Å². The number of nitrogens with one attached hydrogen (secondary N) is 2. The normalized spacial score (nSPS) is 21.0. The SMILES string of the molecule is Cl.O=C(CCC1CCNCC1)NCC1(c2ccc3c(c2)OCO3)CCCCC1. The Hall–Kier alpha value is -1.46. The minimum Gasteiger partial charge on any atom is -0.454 e. The van der Waals surface area contributed by atoms with Crippen LogP contribution in [0.1, 0.15) is 63.4 Å². The maximum Gasteiger partial charge on any atom is 0.231 e. The molecular weight excluding hydrogens is 376 g/mol. The number of halogens is 1. The molecule has 3 aliphatic rings. The molecule has 1 saturated heterocycles. The molecule has 0 aromatic heterocycles. The number of amides is 1. The molecule has 1 amide bonds. The van der Waals surface area contributed by atoms with Crippen LogP contribution >= 0.6 is 12.4 Å². The predicted octanol–water partition coefficient (Wildman–Crippen LogP) is 3.94. The van der Waals surface area contributed by atoms with Gasteiger partial charge in [-0.15, -0.1) is 12.4 Å². The van der Waals surface area contributed by atoms with Crippen LogP contribution in [0.4, 0.5) is 0 Å². The minimum atomic E-state index is 0. The Morgan fingerprint density at radius 1 is 1.11 bits per heavy atom. The van der Waals surface area contributed by atoms with Crippen molar-refractivity contribution in [3.63, 3.8) is 0 Å². The van der Waals surface area contributed by atoms with Gasteiger partial charge >= 0.3 is 0 Å². The first kappa shape index (κ1) is 21.3. The molecule has 2 fully saturated rings. The van der Waals surface area contributed by atoms with Crippen LogP contribution in [-0.4, -0.2) is 32.3 Å². The number of benzene rings is 1. The zero-order valence-electron chi connectivity index (χ0n) is 16.6. The lowest BCUT2D eigenvalue weighted by Crippen LogP contribution is -2.42. The van der Waals surface area contributed by atoms with Gasteiger partial charge in [0.05, 0.1) is 0 Å². The Labute approximate surface area is 174 Å². The van der Waals surface area contributed by atoms with Crippen molar-refractivity contribution in [1.82, 2.24) is 10.6 Å². The van der Waals surface area contributed by atoms with Gasteiger partial charge in [-0.3, -0.25) is 4.79 Å². The number of hydrogen-bond donors (Lipinski definition) is 2. The van der Waals surface area contributed by atoms with Crippen LogP contribution in [0.3, 0.4) is 0 Å². The summed E-state index contributed by atoms with van der Waals surface area (Å²) in [6.45, 7) is 3.23. The maximum absolute atomic E-state index is 12.5. The monoisotopic (exact) mass is 408 g/mol. The van der Waals surface area contributed by atoms with Crippen molar-refractivity contribution in [1.29, 1.82) is 0 Å². The van der Waals surface area contributed by atoms with Crippen molar-refractivity contribution in [3.05, 3.63) is 23.8 Å². The quantitative estimate of drug-likeness (QED) is 0.748. The average Bonchev–Trinajstić information content (AvgIpc) is 3.20. The number of hydrogen-bond acceptors (Lipinski definition) is 4. The summed E-state index contributed by atoms with van der Waals surface area (Å²) in [6, 6.07) is 6.32. The van der Waals surface area contributed by atoms with E-state index in [-0.39, 0.29) is 23.7 Å². The van der Waals surface area contributed by atoms with Gasteiger partial charge in [0.2, 0.25) is 12.7 Å². The number of ether oxygens (including phenoxy) is 2. The van der Waals surface area contributed by atoms with E-state index in [0.29, 0.717) is 19.1 Å². The highest BCUT2D eigenvalue weighted by molar-refractivity contribution is 5.85. The van der Waals surface area contributed by atoms with Gasteiger partial charge in [0.1, 0.15) is 0 Å². The van der Waals surface area contributed by atoms with E-state index in [1.165, 1.54) is 37.7 Å². The van der Waals surface area contributed by atoms with Gasteiger partial charge in [-0.1, -0.05) is 25.3 Å². The van der Waals surface area contributed by atoms with E-state index >= 15 is 0 Å². The molecule has 0 atom stereocenters. The predicted molar refractivity (Wildman–Crippen MR) is 112 cm³/mol. The molecule has 4 rings (SSSR count). The molecular formula is C22H33ClN2O3. The van der Waals surface area contributed by atoms with Gasteiger partial charge < -0.3 is 20.1 Å². The lowest BCUT2D eigenvalue weighted by molar-refractivity contribution is -0.121. The smallest absolute Gasteiger partial charge is 0.231 e. The molecule has 156 valence electrons. The third-order valence-corrected chi connectivity index (χ3v) is 6.66. The standard InChI is InChI=1S/C22H32N2O3.ClH/c25-21(7-4-17-8-12-23-13-9-17)24-15-22(10-2-1-3-11-22)18-5-6-19-20(14-18)27-16-26-19;/h5-6,14,17,23H,1-4,7-13,15-16H2,(H,24,25);1H. The third kappa shape index (κ3) is 4.93. The van der Waals surface area contributed by atoms with E-state index in [9.17, 15) is 4.79 Å². The summed E-state index contributed by atoms with van der Waals surface area (Å²) in [5.74, 6) is 2.58. The van der Waals surface area contributed by atoms with Crippen molar-refractivity contribution in [2.45, 2.75) is 63.2 Å². The summed E-state index contributed by atoms with van der Waals surface area (Å²) in [5.41, 5.74) is 1.31. The number of carbonyl (C=O) groups excluding carboxylic acids is 1. The van der Waals surface area contributed by atoms with Crippen molar-refractivity contribution < 1.29 is 14.3 Å². The minimum absolute atomic E-state index is 0. The van der Waals surface area contributed by atoms with Crippen molar-refractivity contribution in [3.8, 4) is 11.5 Å². The molecule has 0 unspecified atom stereocenters. The Morgan fingerprint density at radius 2 is 1.86 bits per heavy atom. The van der Waals surface area contributed by atoms with Crippen LogP contribution in [0.2, 0.25) is 0 Å². The molecule has 1 saturated carbocycles. The molecule has 1 aromatic carbocycles. The molecule has 2 N–H and O–H groups in total. The van der Waals surface area contributed by atoms with E-state index in [1.54, 1.807) is 0 Å². The Balaban J connectivity index is 0.00000225. The topological polar surface area (TPSA) is 59.6 Å². The summed E-state index contributed by atoms with van der Waals surface area (Å²) in [5, 5.41) is 6.66. The summed E-state index contributed by atoms with van der Waals surface area (Å²) in [7, 11) is 0. The Morgan fingerprint density at radius 3 is 2.64 bits per heavy atom. The average molecular weight is 409 g/mol. The first-order valence-electron chi connectivity index (χ1n) is 10.6. The molecule has 1 aliphatic carbocycles. The zero-order valence-corrected chi connectivity index (χ0v) is 17.5. The molecule has 5 nitrogen and oxygen atoms in total. The largest absolute Gasteiger partial charge is 0.454 e. The second-order valence-corrected chi connectivity index (χ2v) is 8.42. The van der Waals surface area contributed by atoms with E-state index < -0.39 is 0 Å². The second-order valence-electron chi connectivity index (χ2n) is 8.42. The Kier molecular flexibility index (Phi) is 7.47. The number of fused-ring (bicyclic) bond motifs is 1. The van der Waals surface area contributed by atoms with Crippen molar-refractivity contribution >= 4 is 18.3 Å². The van der Waals surface area contributed by atoms with Gasteiger partial charge in [-0.25, -0.2) is 0 Å². The molecule has 2 heterocycles. The van der Waals surface area contributed by atoms with Gasteiger partial charge in [0, 0.05) is 18.4 Å². The maximum atomic E-state index is 12.5. The highest BCUT2D eigenvalue weighted by atomic mass is 35.5. The van der Waals surface area contributed by atoms with Gasteiger partial charge in [0.15, 0.2) is 11.5 Å². The van der Waals surface area contributed by atoms with Crippen LogP contribution in [0.5, 0.6) is 11.5 Å². The fourth-order valence-corrected chi connectivity index (χ4v) is 4.88. The highest BCUT2D eigenvalue weighted by Crippen LogP contribution is 2.43. The Bertz CT molecular complexity index is 655. The molecule has 28 heavy (non-hydrogen) atoms. The molecule has 0 radical (unpaired) electrons. The van der Waals surface area contributed by atoms with Gasteiger partial charge in [-0.05, 0) is 68.8 Å². The lowest BCUT2D eigenvalue weighted by atomic mass is 9.69. The van der Waals surface area contributed by atoms with Crippen molar-refractivity contribution in [2.75, 3.05) is 26.4 Å². The molecule has 0 bridgehead atoms. The van der Waals surface area contributed by atoms with Gasteiger partial charge in [-0.2, -0.15) is 0 Å². The van der Waals surface area contributed by atoms with Crippen molar-refractivity contribution in [2.24, 2.45) is 5.92 Å².